The van der Waals surface area contributed by atoms with Gasteiger partial charge in [-0.3, -0.25) is 0 Å². The maximum Gasteiger partial charge on any atom is 0.115 e. The Morgan fingerprint density at radius 3 is 2.71 bits per heavy atom. The normalized spacial score (nSPS) is 12.7. The second-order valence-electron chi connectivity index (χ2n) is 2.76. The third-order valence-corrected chi connectivity index (χ3v) is 1.67. The number of ether oxygens (including phenoxy) is 2. The van der Waals surface area contributed by atoms with Crippen molar-refractivity contribution in [1.82, 2.24) is 9.97 Å². The van der Waals surface area contributed by atoms with Gasteiger partial charge in [-0.25, -0.2) is 9.97 Å². The molecule has 1 N–H and O–H groups in total. The number of rotatable bonds is 6. The van der Waals surface area contributed by atoms with Gasteiger partial charge >= 0.3 is 0 Å². The highest BCUT2D eigenvalue weighted by Crippen LogP contribution is 2.09. The van der Waals surface area contributed by atoms with E-state index in [1.54, 1.807) is 19.5 Å². The fourth-order valence-electron chi connectivity index (χ4n) is 0.916. The summed E-state index contributed by atoms with van der Waals surface area (Å²) in [6.07, 6.45) is 3.88. The molecule has 78 valence electrons. The van der Waals surface area contributed by atoms with E-state index in [1.165, 1.54) is 6.33 Å². The molecule has 14 heavy (non-hydrogen) atoms. The predicted octanol–water partition coefficient (Wildman–Crippen LogP) is 0.173. The van der Waals surface area contributed by atoms with Gasteiger partial charge in [0.25, 0.3) is 0 Å². The summed E-state index contributed by atoms with van der Waals surface area (Å²) in [6.45, 7) is 1.23. The number of aliphatic hydroxyl groups excluding tert-OH is 1. The number of nitrogens with zero attached hydrogens (tertiary/aromatic N) is 2. The van der Waals surface area contributed by atoms with Gasteiger partial charge < -0.3 is 14.6 Å². The second kappa shape index (κ2) is 6.42. The number of methoxy groups -OCH3 is 1. The van der Waals surface area contributed by atoms with Crippen LogP contribution in [-0.4, -0.2) is 42.0 Å². The zero-order chi connectivity index (χ0) is 10.2. The average molecular weight is 198 g/mol. The molecule has 0 saturated heterocycles. The van der Waals surface area contributed by atoms with E-state index in [2.05, 4.69) is 9.97 Å². The van der Waals surface area contributed by atoms with Crippen LogP contribution in [0.25, 0.3) is 0 Å². The van der Waals surface area contributed by atoms with E-state index >= 15 is 0 Å². The quantitative estimate of drug-likeness (QED) is 0.660. The lowest BCUT2D eigenvalue weighted by Crippen LogP contribution is -2.10. The molecule has 0 bridgehead atoms. The summed E-state index contributed by atoms with van der Waals surface area (Å²) in [7, 11) is 1.60. The van der Waals surface area contributed by atoms with Crippen LogP contribution < -0.4 is 0 Å². The molecular formula is C9H14N2O3. The Balaban J connectivity index is 2.25. The van der Waals surface area contributed by atoms with Crippen LogP contribution in [-0.2, 0) is 9.47 Å². The molecule has 0 spiro atoms. The SMILES string of the molecule is COCCOCC(O)c1cncnc1. The summed E-state index contributed by atoms with van der Waals surface area (Å²) in [6, 6.07) is 0. The third kappa shape index (κ3) is 3.78. The molecule has 1 aromatic heterocycles. The third-order valence-electron chi connectivity index (χ3n) is 1.67. The first kappa shape index (κ1) is 11.0. The van der Waals surface area contributed by atoms with E-state index < -0.39 is 6.10 Å². The van der Waals surface area contributed by atoms with Crippen molar-refractivity contribution in [3.8, 4) is 0 Å². The maximum absolute atomic E-state index is 9.57. The molecule has 1 heterocycles. The van der Waals surface area contributed by atoms with Crippen LogP contribution in [0.15, 0.2) is 18.7 Å². The van der Waals surface area contributed by atoms with Crippen molar-refractivity contribution >= 4 is 0 Å². The fraction of sp³-hybridized carbons (Fsp3) is 0.556. The first-order valence-electron chi connectivity index (χ1n) is 4.34. The Kier molecular flexibility index (Phi) is 5.06. The first-order valence-corrected chi connectivity index (χ1v) is 4.34. The Hall–Kier alpha value is -1.04. The van der Waals surface area contributed by atoms with Crippen LogP contribution in [0.3, 0.4) is 0 Å². The first-order chi connectivity index (χ1) is 6.84. The zero-order valence-electron chi connectivity index (χ0n) is 8.09. The van der Waals surface area contributed by atoms with Crippen molar-refractivity contribution in [3.63, 3.8) is 0 Å². The van der Waals surface area contributed by atoms with E-state index in [0.29, 0.717) is 18.8 Å². The maximum atomic E-state index is 9.57. The van der Waals surface area contributed by atoms with Crippen LogP contribution in [0.4, 0.5) is 0 Å². The molecule has 0 fully saturated rings. The zero-order valence-corrected chi connectivity index (χ0v) is 8.09. The number of hydrogen-bond donors (Lipinski definition) is 1. The van der Waals surface area contributed by atoms with Crippen LogP contribution >= 0.6 is 0 Å². The molecule has 0 aliphatic carbocycles. The van der Waals surface area contributed by atoms with Crippen molar-refractivity contribution in [1.29, 1.82) is 0 Å². The second-order valence-corrected chi connectivity index (χ2v) is 2.76. The van der Waals surface area contributed by atoms with Gasteiger partial charge in [0.15, 0.2) is 0 Å². The molecular weight excluding hydrogens is 184 g/mol. The van der Waals surface area contributed by atoms with Crippen LogP contribution in [0.1, 0.15) is 11.7 Å². The van der Waals surface area contributed by atoms with E-state index in [0.717, 1.165) is 0 Å². The lowest BCUT2D eigenvalue weighted by Gasteiger charge is -2.10. The summed E-state index contributed by atoms with van der Waals surface area (Å²) in [4.78, 5) is 7.60. The van der Waals surface area contributed by atoms with Crippen molar-refractivity contribution < 1.29 is 14.6 Å². The van der Waals surface area contributed by atoms with Gasteiger partial charge in [-0.2, -0.15) is 0 Å². The highest BCUT2D eigenvalue weighted by atomic mass is 16.5. The summed E-state index contributed by atoms with van der Waals surface area (Å²) in [5, 5.41) is 9.57. The predicted molar refractivity (Wildman–Crippen MR) is 49.7 cm³/mol. The summed E-state index contributed by atoms with van der Waals surface area (Å²) < 4.78 is 9.96. The summed E-state index contributed by atoms with van der Waals surface area (Å²) in [5.74, 6) is 0. The molecule has 1 unspecified atom stereocenters. The minimum atomic E-state index is -0.673. The van der Waals surface area contributed by atoms with Gasteiger partial charge in [-0.15, -0.1) is 0 Å². The standard InChI is InChI=1S/C9H14N2O3/c1-13-2-3-14-6-9(12)8-4-10-7-11-5-8/h4-5,7,9,12H,2-3,6H2,1H3. The molecule has 0 aromatic carbocycles. The Labute approximate surface area is 82.7 Å². The van der Waals surface area contributed by atoms with Crippen molar-refractivity contribution in [2.45, 2.75) is 6.10 Å². The highest BCUT2D eigenvalue weighted by Gasteiger charge is 2.07. The van der Waals surface area contributed by atoms with E-state index in [4.69, 9.17) is 9.47 Å². The molecule has 1 rings (SSSR count). The van der Waals surface area contributed by atoms with Gasteiger partial charge in [-0.05, 0) is 0 Å². The fourth-order valence-corrected chi connectivity index (χ4v) is 0.916. The Bertz CT molecular complexity index is 243. The minimum Gasteiger partial charge on any atom is -0.386 e. The van der Waals surface area contributed by atoms with E-state index in [1.807, 2.05) is 0 Å². The molecule has 5 heteroatoms. The molecule has 0 radical (unpaired) electrons. The number of aromatic nitrogens is 2. The van der Waals surface area contributed by atoms with Crippen molar-refractivity contribution in [2.24, 2.45) is 0 Å². The topological polar surface area (TPSA) is 64.5 Å². The monoisotopic (exact) mass is 198 g/mol. The molecule has 0 amide bonds. The molecule has 1 atom stereocenters. The lowest BCUT2D eigenvalue weighted by atomic mass is 10.2. The number of aliphatic hydroxyl groups is 1. The largest absolute Gasteiger partial charge is 0.386 e. The van der Waals surface area contributed by atoms with Crippen molar-refractivity contribution in [3.05, 3.63) is 24.3 Å². The van der Waals surface area contributed by atoms with Crippen LogP contribution in [0.5, 0.6) is 0 Å². The molecule has 0 aliphatic rings. The molecule has 1 aromatic rings. The van der Waals surface area contributed by atoms with Gasteiger partial charge in [0, 0.05) is 25.1 Å². The van der Waals surface area contributed by atoms with Crippen LogP contribution in [0.2, 0.25) is 0 Å². The van der Waals surface area contributed by atoms with Gasteiger partial charge in [0.1, 0.15) is 12.4 Å². The smallest absolute Gasteiger partial charge is 0.115 e. The van der Waals surface area contributed by atoms with Gasteiger partial charge in [0.05, 0.1) is 19.8 Å². The van der Waals surface area contributed by atoms with Crippen molar-refractivity contribution in [2.75, 3.05) is 26.9 Å². The van der Waals surface area contributed by atoms with Gasteiger partial charge in [-0.1, -0.05) is 0 Å². The van der Waals surface area contributed by atoms with Gasteiger partial charge in [0.2, 0.25) is 0 Å². The summed E-state index contributed by atoms with van der Waals surface area (Å²) in [5.41, 5.74) is 0.657. The van der Waals surface area contributed by atoms with E-state index in [9.17, 15) is 5.11 Å². The Morgan fingerprint density at radius 1 is 1.36 bits per heavy atom. The highest BCUT2D eigenvalue weighted by molar-refractivity contribution is 5.06. The lowest BCUT2D eigenvalue weighted by molar-refractivity contribution is 0.0123. The Morgan fingerprint density at radius 2 is 2.07 bits per heavy atom. The molecule has 0 saturated carbocycles. The number of hydrogen-bond acceptors (Lipinski definition) is 5. The van der Waals surface area contributed by atoms with E-state index in [-0.39, 0.29) is 6.61 Å². The van der Waals surface area contributed by atoms with Crippen LogP contribution in [0, 0.1) is 0 Å². The average Bonchev–Trinajstić information content (AvgIpc) is 2.25. The molecule has 0 aliphatic heterocycles. The molecule has 5 nitrogen and oxygen atoms in total. The minimum absolute atomic E-state index is 0.233. The summed E-state index contributed by atoms with van der Waals surface area (Å²) >= 11 is 0.